The van der Waals surface area contributed by atoms with Crippen LogP contribution in [0.1, 0.15) is 84.4 Å². The van der Waals surface area contributed by atoms with E-state index in [1.807, 2.05) is 85.1 Å². The van der Waals surface area contributed by atoms with Gasteiger partial charge in [0.15, 0.2) is 5.82 Å². The van der Waals surface area contributed by atoms with Crippen molar-refractivity contribution in [2.75, 3.05) is 0 Å². The van der Waals surface area contributed by atoms with Gasteiger partial charge in [-0.1, -0.05) is 135 Å². The molecule has 0 spiro atoms. The van der Waals surface area contributed by atoms with Crippen molar-refractivity contribution in [3.63, 3.8) is 0 Å². The number of rotatable bonds is 15. The van der Waals surface area contributed by atoms with Crippen LogP contribution >= 0.6 is 0 Å². The van der Waals surface area contributed by atoms with Gasteiger partial charge in [0.2, 0.25) is 5.91 Å². The largest absolute Gasteiger partial charge is 0.390 e. The van der Waals surface area contributed by atoms with Crippen molar-refractivity contribution < 1.29 is 19.8 Å². The number of hydrogen-bond donors (Lipinski definition) is 5. The number of hydrogen-bond acceptors (Lipinski definition) is 6. The zero-order valence-corrected chi connectivity index (χ0v) is 31.5. The number of aromatic nitrogens is 4. The summed E-state index contributed by atoms with van der Waals surface area (Å²) < 4.78 is 2.08. The lowest BCUT2D eigenvalue weighted by atomic mass is 9.77. The van der Waals surface area contributed by atoms with Gasteiger partial charge in [0.25, 0.3) is 5.91 Å². The van der Waals surface area contributed by atoms with E-state index in [0.717, 1.165) is 55.2 Å². The number of aliphatic hydroxyl groups is 2. The van der Waals surface area contributed by atoms with E-state index in [1.165, 1.54) is 6.42 Å². The number of carbonyl (C=O) groups excluding carboxylic acids is 2. The Balaban J connectivity index is 1.15. The minimum atomic E-state index is -1.12. The van der Waals surface area contributed by atoms with E-state index < -0.39 is 41.6 Å². The lowest BCUT2D eigenvalue weighted by Crippen LogP contribution is -2.56. The predicted octanol–water partition coefficient (Wildman–Crippen LogP) is 6.53. The Kier molecular flexibility index (Phi) is 11.1. The first kappa shape index (κ1) is 37.3. The zero-order valence-electron chi connectivity index (χ0n) is 31.5. The number of H-pyrrole nitrogens is 1. The van der Waals surface area contributed by atoms with Crippen LogP contribution in [0, 0.1) is 11.8 Å². The molecule has 4 aromatic carbocycles. The normalized spacial score (nSPS) is 17.2. The van der Waals surface area contributed by atoms with Crippen LogP contribution in [0.4, 0.5) is 0 Å². The van der Waals surface area contributed by atoms with Crippen LogP contribution in [0.15, 0.2) is 128 Å². The summed E-state index contributed by atoms with van der Waals surface area (Å²) in [6, 6.07) is 36.5. The first-order chi connectivity index (χ1) is 27.4. The molecule has 6 aromatic rings. The molecule has 2 aliphatic carbocycles. The highest BCUT2D eigenvalue weighted by Gasteiger charge is 2.41. The molecule has 0 bridgehead atoms. The second-order valence-electron chi connectivity index (χ2n) is 15.6. The lowest BCUT2D eigenvalue weighted by molar-refractivity contribution is -0.125. The molecular weight excluding hydrogens is 701 g/mol. The van der Waals surface area contributed by atoms with Crippen molar-refractivity contribution in [1.82, 2.24) is 30.2 Å². The number of aromatic amines is 1. The summed E-state index contributed by atoms with van der Waals surface area (Å²) in [5.41, 5.74) is 4.22. The molecule has 2 heterocycles. The van der Waals surface area contributed by atoms with Crippen LogP contribution in [0.25, 0.3) is 11.0 Å². The average molecular weight is 751 g/mol. The van der Waals surface area contributed by atoms with Gasteiger partial charge in [-0.15, -0.1) is 0 Å². The molecule has 0 unspecified atom stereocenters. The van der Waals surface area contributed by atoms with E-state index in [2.05, 4.69) is 61.6 Å². The Morgan fingerprint density at radius 1 is 0.768 bits per heavy atom. The van der Waals surface area contributed by atoms with E-state index >= 15 is 0 Å². The fraction of sp³-hybridized carbons (Fsp3) is 0.348. The molecule has 10 heteroatoms. The topological polar surface area (TPSA) is 145 Å². The summed E-state index contributed by atoms with van der Waals surface area (Å²) in [5, 5.41) is 28.7. The van der Waals surface area contributed by atoms with E-state index in [1.54, 1.807) is 6.33 Å². The molecule has 2 saturated carbocycles. The molecule has 56 heavy (non-hydrogen) atoms. The number of carbonyl (C=O) groups is 2. The minimum absolute atomic E-state index is 0.0300. The summed E-state index contributed by atoms with van der Waals surface area (Å²) in [4.78, 5) is 40.9. The molecule has 2 fully saturated rings. The van der Waals surface area contributed by atoms with Gasteiger partial charge in [0.05, 0.1) is 35.2 Å². The lowest BCUT2D eigenvalue weighted by Gasteiger charge is -2.37. The van der Waals surface area contributed by atoms with Crippen LogP contribution in [0.3, 0.4) is 0 Å². The maximum atomic E-state index is 14.5. The maximum Gasteiger partial charge on any atom is 0.287 e. The third-order valence-electron chi connectivity index (χ3n) is 11.7. The third kappa shape index (κ3) is 7.90. The molecule has 4 atom stereocenters. The van der Waals surface area contributed by atoms with E-state index in [9.17, 15) is 19.8 Å². The van der Waals surface area contributed by atoms with Crippen molar-refractivity contribution in [2.24, 2.45) is 11.8 Å². The van der Waals surface area contributed by atoms with E-state index in [-0.39, 0.29) is 18.2 Å². The smallest absolute Gasteiger partial charge is 0.287 e. The van der Waals surface area contributed by atoms with Crippen molar-refractivity contribution in [3.8, 4) is 0 Å². The second-order valence-corrected chi connectivity index (χ2v) is 15.6. The second kappa shape index (κ2) is 16.6. The van der Waals surface area contributed by atoms with Gasteiger partial charge < -0.3 is 30.4 Å². The summed E-state index contributed by atoms with van der Waals surface area (Å²) in [7, 11) is 0. The molecule has 2 aliphatic rings. The van der Waals surface area contributed by atoms with Gasteiger partial charge in [-0.05, 0) is 59.9 Å². The summed E-state index contributed by atoms with van der Waals surface area (Å²) in [6.45, 7) is 0. The monoisotopic (exact) mass is 750 g/mol. The highest BCUT2D eigenvalue weighted by molar-refractivity contribution is 5.97. The molecular formula is C46H50N6O4. The minimum Gasteiger partial charge on any atom is -0.390 e. The molecule has 2 aromatic heterocycles. The number of fused-ring (bicyclic) bond motifs is 1. The van der Waals surface area contributed by atoms with Crippen molar-refractivity contribution in [3.05, 3.63) is 156 Å². The molecule has 0 saturated heterocycles. The van der Waals surface area contributed by atoms with E-state index in [4.69, 9.17) is 4.98 Å². The summed E-state index contributed by atoms with van der Waals surface area (Å²) in [5.74, 6) is -0.532. The van der Waals surface area contributed by atoms with Crippen LogP contribution in [-0.2, 0) is 16.8 Å². The number of nitrogens with one attached hydrogen (secondary N) is 3. The highest BCUT2D eigenvalue weighted by atomic mass is 16.3. The van der Waals surface area contributed by atoms with Crippen LogP contribution in [-0.4, -0.2) is 65.8 Å². The number of aliphatic hydroxyl groups excluding tert-OH is 2. The summed E-state index contributed by atoms with van der Waals surface area (Å²) in [6.07, 6.45) is 9.49. The Morgan fingerprint density at radius 3 is 1.95 bits per heavy atom. The fourth-order valence-corrected chi connectivity index (χ4v) is 8.65. The molecule has 5 N–H and O–H groups in total. The maximum absolute atomic E-state index is 14.5. The highest BCUT2D eigenvalue weighted by Crippen LogP contribution is 2.41. The number of imidazole rings is 2. The Bertz CT molecular complexity index is 2080. The predicted molar refractivity (Wildman–Crippen MR) is 216 cm³/mol. The zero-order chi connectivity index (χ0) is 38.5. The third-order valence-corrected chi connectivity index (χ3v) is 11.7. The van der Waals surface area contributed by atoms with Crippen molar-refractivity contribution in [1.29, 1.82) is 0 Å². The molecule has 0 radical (unpaired) electrons. The fourth-order valence-electron chi connectivity index (χ4n) is 8.65. The van der Waals surface area contributed by atoms with Gasteiger partial charge >= 0.3 is 0 Å². The van der Waals surface area contributed by atoms with Crippen LogP contribution in [0.2, 0.25) is 0 Å². The molecule has 2 amide bonds. The summed E-state index contributed by atoms with van der Waals surface area (Å²) >= 11 is 0. The molecule has 288 valence electrons. The molecule has 8 rings (SSSR count). The van der Waals surface area contributed by atoms with Gasteiger partial charge in [0, 0.05) is 12.6 Å². The van der Waals surface area contributed by atoms with Crippen LogP contribution < -0.4 is 10.6 Å². The number of para-hydroxylation sites is 2. The number of benzene rings is 4. The van der Waals surface area contributed by atoms with Crippen molar-refractivity contribution >= 4 is 22.8 Å². The standard InChI is InChI=1S/C46H50N6O4/c53-41(32-25-26-32)42(54)39(27-31-15-5-1-6-16-31)50-44(55)40(51-45(56)43-48-37-23-13-14-24-38(37)49-43)28-36-29-52(30-47-36)46(33-17-7-2-8-18-33,34-19-9-3-10-20-34)35-21-11-4-12-22-35/h2-4,7-14,17-24,29-32,39-42,53-54H,1,5-6,15-16,25-28H2,(H,48,49)(H,50,55)(H,51,56)/t39-,40-,41-,42+/m0/s1. The molecule has 0 aliphatic heterocycles. The quantitative estimate of drug-likeness (QED) is 0.0756. The van der Waals surface area contributed by atoms with Gasteiger partial charge in [-0.25, -0.2) is 9.97 Å². The van der Waals surface area contributed by atoms with Crippen molar-refractivity contribution in [2.45, 2.75) is 87.6 Å². The first-order valence-corrected chi connectivity index (χ1v) is 20.0. The first-order valence-electron chi connectivity index (χ1n) is 20.0. The molecule has 10 nitrogen and oxygen atoms in total. The van der Waals surface area contributed by atoms with Gasteiger partial charge in [0.1, 0.15) is 17.7 Å². The Hall–Kier alpha value is -5.58. The number of nitrogens with zero attached hydrogens (tertiary/aromatic N) is 3. The Labute approximate surface area is 327 Å². The van der Waals surface area contributed by atoms with Gasteiger partial charge in [-0.3, -0.25) is 9.59 Å². The van der Waals surface area contributed by atoms with Gasteiger partial charge in [-0.2, -0.15) is 0 Å². The Morgan fingerprint density at radius 2 is 1.36 bits per heavy atom. The van der Waals surface area contributed by atoms with Crippen LogP contribution in [0.5, 0.6) is 0 Å². The average Bonchev–Trinajstić information content (AvgIpc) is 3.84. The SMILES string of the molecule is O=C(N[C@@H](Cc1cn(C(c2ccccc2)(c2ccccc2)c2ccccc2)cn1)C(=O)N[C@@H](CC1CCCCC1)[C@@H](O)[C@@H](O)C1CC1)c1nc2ccccc2[nH]1. The van der Waals surface area contributed by atoms with E-state index in [0.29, 0.717) is 29.1 Å². The number of amides is 2.